The quantitative estimate of drug-likeness (QED) is 0.725. The molecule has 0 amide bonds. The lowest BCUT2D eigenvalue weighted by atomic mass is 10.1. The summed E-state index contributed by atoms with van der Waals surface area (Å²) >= 11 is 0. The van der Waals surface area contributed by atoms with Gasteiger partial charge in [-0.15, -0.1) is 0 Å². The fourth-order valence-corrected chi connectivity index (χ4v) is 3.65. The fraction of sp³-hybridized carbons (Fsp3) is 0.684. The molecule has 2 aliphatic rings. The van der Waals surface area contributed by atoms with Crippen LogP contribution in [0.1, 0.15) is 48.6 Å². The van der Waals surface area contributed by atoms with E-state index in [4.69, 9.17) is 9.72 Å². The zero-order chi connectivity index (χ0) is 17.4. The van der Waals surface area contributed by atoms with Crippen LogP contribution in [0, 0.1) is 12.8 Å². The number of imidazole rings is 1. The third-order valence-electron chi connectivity index (χ3n) is 5.76. The van der Waals surface area contributed by atoms with Gasteiger partial charge in [-0.2, -0.15) is 5.10 Å². The average molecular weight is 343 g/mol. The van der Waals surface area contributed by atoms with Crippen molar-refractivity contribution in [2.45, 2.75) is 52.2 Å². The van der Waals surface area contributed by atoms with Crippen LogP contribution in [0.25, 0.3) is 0 Å². The minimum atomic E-state index is 0.328. The molecule has 0 N–H and O–H groups in total. The van der Waals surface area contributed by atoms with Gasteiger partial charge in [0.15, 0.2) is 0 Å². The van der Waals surface area contributed by atoms with E-state index in [0.717, 1.165) is 45.2 Å². The lowest BCUT2D eigenvalue weighted by Gasteiger charge is -2.34. The van der Waals surface area contributed by atoms with Crippen LogP contribution in [0.3, 0.4) is 0 Å². The van der Waals surface area contributed by atoms with Gasteiger partial charge in [-0.25, -0.2) is 4.98 Å². The molecule has 25 heavy (non-hydrogen) atoms. The van der Waals surface area contributed by atoms with Crippen molar-refractivity contribution >= 4 is 0 Å². The van der Waals surface area contributed by atoms with Crippen LogP contribution in [0.5, 0.6) is 0 Å². The third kappa shape index (κ3) is 3.51. The summed E-state index contributed by atoms with van der Waals surface area (Å²) < 4.78 is 10.2. The van der Waals surface area contributed by atoms with Crippen LogP contribution in [0.15, 0.2) is 12.4 Å². The first-order valence-electron chi connectivity index (χ1n) is 9.47. The Morgan fingerprint density at radius 3 is 2.80 bits per heavy atom. The Hall–Kier alpha value is -1.66. The first kappa shape index (κ1) is 16.8. The van der Waals surface area contributed by atoms with Gasteiger partial charge < -0.3 is 9.30 Å². The van der Waals surface area contributed by atoms with E-state index in [1.807, 2.05) is 24.1 Å². The molecule has 2 aromatic heterocycles. The standard InChI is InChI=1S/C19H29N5O/c1-14-17(10-21-22(14)3)12-23-7-8-24-18(11-20-19(24)15(23)2)6-9-25-13-16-4-5-16/h10-11,15-16H,4-9,12-13H2,1-3H3/t15-/m1/s1. The molecule has 1 saturated carbocycles. The summed E-state index contributed by atoms with van der Waals surface area (Å²) in [6.45, 7) is 9.15. The molecule has 1 fully saturated rings. The van der Waals surface area contributed by atoms with E-state index in [1.54, 1.807) is 0 Å². The van der Waals surface area contributed by atoms with Crippen molar-refractivity contribution in [2.24, 2.45) is 13.0 Å². The molecule has 0 spiro atoms. The molecular weight excluding hydrogens is 314 g/mol. The zero-order valence-corrected chi connectivity index (χ0v) is 15.6. The molecule has 0 unspecified atom stereocenters. The highest BCUT2D eigenvalue weighted by atomic mass is 16.5. The topological polar surface area (TPSA) is 48.1 Å². The van der Waals surface area contributed by atoms with Crippen molar-refractivity contribution in [3.63, 3.8) is 0 Å². The molecule has 4 rings (SSSR count). The fourth-order valence-electron chi connectivity index (χ4n) is 3.65. The van der Waals surface area contributed by atoms with E-state index >= 15 is 0 Å². The maximum absolute atomic E-state index is 5.80. The number of ether oxygens (including phenoxy) is 1. The first-order valence-corrected chi connectivity index (χ1v) is 9.47. The van der Waals surface area contributed by atoms with Crippen LogP contribution >= 0.6 is 0 Å². The van der Waals surface area contributed by atoms with E-state index in [2.05, 4.69) is 28.4 Å². The summed E-state index contributed by atoms with van der Waals surface area (Å²) in [6.07, 6.45) is 7.71. The van der Waals surface area contributed by atoms with Gasteiger partial charge in [-0.05, 0) is 32.6 Å². The van der Waals surface area contributed by atoms with Gasteiger partial charge in [-0.3, -0.25) is 9.58 Å². The molecule has 0 bridgehead atoms. The minimum Gasteiger partial charge on any atom is -0.381 e. The van der Waals surface area contributed by atoms with Crippen molar-refractivity contribution in [1.82, 2.24) is 24.2 Å². The van der Waals surface area contributed by atoms with Gasteiger partial charge in [-0.1, -0.05) is 0 Å². The van der Waals surface area contributed by atoms with Crippen LogP contribution in [0.4, 0.5) is 0 Å². The van der Waals surface area contributed by atoms with E-state index in [0.29, 0.717) is 6.04 Å². The first-order chi connectivity index (χ1) is 12.1. The summed E-state index contributed by atoms with van der Waals surface area (Å²) in [4.78, 5) is 7.23. The molecule has 6 nitrogen and oxygen atoms in total. The second kappa shape index (κ2) is 6.92. The Balaban J connectivity index is 1.38. The summed E-state index contributed by atoms with van der Waals surface area (Å²) in [5.41, 5.74) is 3.87. The van der Waals surface area contributed by atoms with Gasteiger partial charge in [0.2, 0.25) is 0 Å². The van der Waals surface area contributed by atoms with Crippen molar-refractivity contribution in [1.29, 1.82) is 0 Å². The summed E-state index contributed by atoms with van der Waals surface area (Å²) in [5.74, 6) is 2.02. The van der Waals surface area contributed by atoms with Gasteiger partial charge in [0.1, 0.15) is 5.82 Å². The van der Waals surface area contributed by atoms with Crippen molar-refractivity contribution in [3.05, 3.63) is 35.2 Å². The highest BCUT2D eigenvalue weighted by molar-refractivity contribution is 5.17. The monoisotopic (exact) mass is 343 g/mol. The smallest absolute Gasteiger partial charge is 0.126 e. The van der Waals surface area contributed by atoms with Crippen LogP contribution in [-0.4, -0.2) is 44.0 Å². The molecule has 0 saturated heterocycles. The summed E-state index contributed by atoms with van der Waals surface area (Å²) in [6, 6.07) is 0.328. The van der Waals surface area contributed by atoms with Gasteiger partial charge in [0, 0.05) is 62.9 Å². The Morgan fingerprint density at radius 1 is 1.24 bits per heavy atom. The maximum Gasteiger partial charge on any atom is 0.126 e. The second-order valence-corrected chi connectivity index (χ2v) is 7.55. The third-order valence-corrected chi connectivity index (χ3v) is 5.76. The predicted molar refractivity (Wildman–Crippen MR) is 96.2 cm³/mol. The second-order valence-electron chi connectivity index (χ2n) is 7.55. The van der Waals surface area contributed by atoms with Crippen LogP contribution in [-0.2, 0) is 31.3 Å². The van der Waals surface area contributed by atoms with Gasteiger partial charge in [0.05, 0.1) is 18.8 Å². The number of aromatic nitrogens is 4. The normalized spacial score (nSPS) is 20.8. The Morgan fingerprint density at radius 2 is 2.08 bits per heavy atom. The summed E-state index contributed by atoms with van der Waals surface area (Å²) in [7, 11) is 2.00. The SMILES string of the molecule is Cc1c(CN2CCn3c(CCOCC4CC4)cnc3[C@H]2C)cnn1C. The molecule has 1 atom stereocenters. The number of fused-ring (bicyclic) bond motifs is 1. The highest BCUT2D eigenvalue weighted by Gasteiger charge is 2.27. The lowest BCUT2D eigenvalue weighted by Crippen LogP contribution is -2.37. The molecule has 0 aromatic carbocycles. The molecular formula is C19H29N5O. The van der Waals surface area contributed by atoms with Crippen molar-refractivity contribution < 1.29 is 4.74 Å². The Bertz CT molecular complexity index is 730. The number of rotatable bonds is 7. The Kier molecular flexibility index (Phi) is 4.65. The Labute approximate surface area is 149 Å². The molecule has 2 aromatic rings. The van der Waals surface area contributed by atoms with Crippen LogP contribution in [0.2, 0.25) is 0 Å². The highest BCUT2D eigenvalue weighted by Crippen LogP contribution is 2.29. The average Bonchev–Trinajstić information content (AvgIpc) is 3.27. The maximum atomic E-state index is 5.80. The molecule has 3 heterocycles. The number of nitrogens with zero attached hydrogens (tertiary/aromatic N) is 5. The van der Waals surface area contributed by atoms with E-state index in [-0.39, 0.29) is 0 Å². The number of hydrogen-bond donors (Lipinski definition) is 0. The van der Waals surface area contributed by atoms with Gasteiger partial charge in [0.25, 0.3) is 0 Å². The predicted octanol–water partition coefficient (Wildman–Crippen LogP) is 2.47. The largest absolute Gasteiger partial charge is 0.381 e. The van der Waals surface area contributed by atoms with E-state index in [9.17, 15) is 0 Å². The van der Waals surface area contributed by atoms with Crippen molar-refractivity contribution in [3.8, 4) is 0 Å². The zero-order valence-electron chi connectivity index (χ0n) is 15.6. The van der Waals surface area contributed by atoms with Crippen molar-refractivity contribution in [2.75, 3.05) is 19.8 Å². The minimum absolute atomic E-state index is 0.328. The molecule has 0 radical (unpaired) electrons. The molecule has 1 aliphatic carbocycles. The molecule has 136 valence electrons. The number of hydrogen-bond acceptors (Lipinski definition) is 4. The van der Waals surface area contributed by atoms with E-state index < -0.39 is 0 Å². The number of aryl methyl sites for hydroxylation is 1. The van der Waals surface area contributed by atoms with E-state index in [1.165, 1.54) is 35.6 Å². The van der Waals surface area contributed by atoms with Gasteiger partial charge >= 0.3 is 0 Å². The molecule has 1 aliphatic heterocycles. The lowest BCUT2D eigenvalue weighted by molar-refractivity contribution is 0.124. The summed E-state index contributed by atoms with van der Waals surface area (Å²) in [5, 5.41) is 4.37. The molecule has 6 heteroatoms. The van der Waals surface area contributed by atoms with Crippen LogP contribution < -0.4 is 0 Å².